The van der Waals surface area contributed by atoms with Crippen LogP contribution in [-0.2, 0) is 52.2 Å². The van der Waals surface area contributed by atoms with E-state index in [0.717, 1.165) is 0 Å². The summed E-state index contributed by atoms with van der Waals surface area (Å²) in [6.45, 7) is -2.01. The zero-order chi connectivity index (χ0) is 54.5. The molecule has 0 amide bonds. The fourth-order valence-corrected chi connectivity index (χ4v) is 12.1. The number of aliphatic hydroxyl groups is 14. The maximum Gasteiger partial charge on any atom is 0.330 e. The van der Waals surface area contributed by atoms with Crippen molar-refractivity contribution in [1.82, 2.24) is 0 Å². The number of aliphatic hydroxyl groups excluding tert-OH is 14. The SMILES string of the molecule is O=C(C=CC1CCC(O)CC1)OCC1OC(OC2C(OC3CC4C(OC5OC(CO)C(O)C(O)C5O)CC(O)CC4OC3C3CCC(O)C(O)C3)OC(COC(=O)C=CC3CCC(O)CC3)C(O)C2O)C(O)C(O)C1O. The van der Waals surface area contributed by atoms with Crippen molar-refractivity contribution in [2.75, 3.05) is 19.8 Å². The second kappa shape index (κ2) is 26.9. The summed E-state index contributed by atoms with van der Waals surface area (Å²) in [5.41, 5.74) is 0. The highest BCUT2D eigenvalue weighted by Crippen LogP contribution is 2.45. The van der Waals surface area contributed by atoms with Crippen molar-refractivity contribution < 1.29 is 124 Å². The first kappa shape index (κ1) is 59.7. The molecule has 0 aromatic rings. The van der Waals surface area contributed by atoms with Gasteiger partial charge in [0.15, 0.2) is 18.9 Å². The van der Waals surface area contributed by atoms with E-state index in [-0.39, 0.29) is 43.9 Å². The molecule has 0 aromatic carbocycles. The summed E-state index contributed by atoms with van der Waals surface area (Å²) in [6.07, 6.45) is -23.1. The lowest BCUT2D eigenvalue weighted by molar-refractivity contribution is -0.380. The summed E-state index contributed by atoms with van der Waals surface area (Å²) in [5.74, 6) is -2.78. The monoisotopic (exact) mass is 1090 g/mol. The number of esters is 2. The highest BCUT2D eigenvalue weighted by Gasteiger charge is 2.56. The van der Waals surface area contributed by atoms with Crippen LogP contribution in [0, 0.1) is 23.7 Å². The van der Waals surface area contributed by atoms with Gasteiger partial charge in [-0.1, -0.05) is 12.2 Å². The van der Waals surface area contributed by atoms with Crippen molar-refractivity contribution in [2.45, 2.75) is 237 Å². The van der Waals surface area contributed by atoms with E-state index in [1.807, 2.05) is 0 Å². The molecular weight excluding hydrogens is 1010 g/mol. The van der Waals surface area contributed by atoms with Gasteiger partial charge in [0.1, 0.15) is 86.5 Å². The third kappa shape index (κ3) is 14.5. The maximum atomic E-state index is 13.0. The van der Waals surface area contributed by atoms with E-state index in [0.29, 0.717) is 57.8 Å². The quantitative estimate of drug-likeness (QED) is 0.0517. The molecule has 4 aliphatic heterocycles. The zero-order valence-electron chi connectivity index (χ0n) is 42.2. The average molecular weight is 1090 g/mol. The normalized spacial score (nSPS) is 48.6. The van der Waals surface area contributed by atoms with E-state index < -0.39 is 191 Å². The summed E-state index contributed by atoms with van der Waals surface area (Å²) in [5, 5.41) is 151. The van der Waals surface area contributed by atoms with Crippen molar-refractivity contribution in [1.29, 1.82) is 0 Å². The molecule has 24 atom stereocenters. The molecule has 4 saturated heterocycles. The molecule has 76 heavy (non-hydrogen) atoms. The molecule has 8 rings (SSSR count). The van der Waals surface area contributed by atoms with E-state index in [1.165, 1.54) is 12.2 Å². The molecule has 0 spiro atoms. The lowest BCUT2D eigenvalue weighted by Crippen LogP contribution is -2.66. The van der Waals surface area contributed by atoms with E-state index in [9.17, 15) is 81.1 Å². The second-order valence-corrected chi connectivity index (χ2v) is 22.2. The average Bonchev–Trinajstić information content (AvgIpc) is 3.41. The number of rotatable bonds is 16. The largest absolute Gasteiger partial charge is 0.460 e. The Morgan fingerprint density at radius 2 is 0.947 bits per heavy atom. The van der Waals surface area contributed by atoms with E-state index in [4.69, 9.17) is 42.6 Å². The van der Waals surface area contributed by atoms with Gasteiger partial charge in [-0.25, -0.2) is 9.59 Å². The van der Waals surface area contributed by atoms with Crippen LogP contribution in [0.1, 0.15) is 89.9 Å². The van der Waals surface area contributed by atoms with Gasteiger partial charge < -0.3 is 114 Å². The Morgan fingerprint density at radius 3 is 1.50 bits per heavy atom. The van der Waals surface area contributed by atoms with Gasteiger partial charge in [-0.15, -0.1) is 0 Å². The summed E-state index contributed by atoms with van der Waals surface area (Å²) in [4.78, 5) is 25.8. The standard InChI is InChI=1S/C51H80O25/c52-19-34-39(60)42(63)45(66)49(73-34)71-32-17-27(55)16-31-28(32)18-33(47(70-31)24-7-12-29(56)30(57)15-24)72-51-48(44(65)41(62)36(75-51)21-69-38(59)14-6-23-3-10-26(54)11-4-23)76-50-46(67)43(64)40(61)35(74-50)20-68-37(58)13-5-22-1-8-25(53)9-2-22/h5-6,13-14,22-36,39-57,60-67H,1-4,7-12,15-21H2. The van der Waals surface area contributed by atoms with E-state index >= 15 is 0 Å². The number of allylic oxidation sites excluding steroid dienone is 2. The molecule has 434 valence electrons. The van der Waals surface area contributed by atoms with Gasteiger partial charge in [-0.3, -0.25) is 0 Å². The molecule has 25 heteroatoms. The van der Waals surface area contributed by atoms with Crippen molar-refractivity contribution in [2.24, 2.45) is 23.7 Å². The number of hydrogen-bond acceptors (Lipinski definition) is 25. The van der Waals surface area contributed by atoms with Crippen LogP contribution in [0.25, 0.3) is 0 Å². The first-order valence-corrected chi connectivity index (χ1v) is 27.0. The van der Waals surface area contributed by atoms with Crippen LogP contribution in [0.2, 0.25) is 0 Å². The predicted molar refractivity (Wildman–Crippen MR) is 253 cm³/mol. The van der Waals surface area contributed by atoms with Gasteiger partial charge in [0, 0.05) is 24.5 Å². The van der Waals surface area contributed by atoms with Gasteiger partial charge in [0.2, 0.25) is 0 Å². The molecular formula is C51H80O25. The molecule has 25 nitrogen and oxygen atoms in total. The fourth-order valence-electron chi connectivity index (χ4n) is 12.1. The Balaban J connectivity index is 1.04. The third-order valence-corrected chi connectivity index (χ3v) is 16.8. The summed E-state index contributed by atoms with van der Waals surface area (Å²) in [6, 6.07) is 0. The Labute approximate surface area is 439 Å². The van der Waals surface area contributed by atoms with E-state index in [2.05, 4.69) is 0 Å². The topological polar surface area (TPSA) is 400 Å². The molecule has 4 aliphatic carbocycles. The minimum absolute atomic E-state index is 0.00872. The van der Waals surface area contributed by atoms with Crippen LogP contribution in [0.5, 0.6) is 0 Å². The van der Waals surface area contributed by atoms with Crippen molar-refractivity contribution >= 4 is 11.9 Å². The lowest BCUT2D eigenvalue weighted by Gasteiger charge is -2.53. The molecule has 0 radical (unpaired) electrons. The molecule has 24 unspecified atom stereocenters. The Bertz CT molecular complexity index is 1900. The molecule has 14 N–H and O–H groups in total. The molecule has 0 bridgehead atoms. The summed E-state index contributed by atoms with van der Waals surface area (Å²) in [7, 11) is 0. The summed E-state index contributed by atoms with van der Waals surface area (Å²) < 4.78 is 54.7. The van der Waals surface area contributed by atoms with E-state index in [1.54, 1.807) is 12.2 Å². The Morgan fingerprint density at radius 1 is 0.447 bits per heavy atom. The van der Waals surface area contributed by atoms with Gasteiger partial charge in [0.05, 0.1) is 61.5 Å². The molecule has 4 heterocycles. The van der Waals surface area contributed by atoms with Crippen LogP contribution in [0.15, 0.2) is 24.3 Å². The minimum Gasteiger partial charge on any atom is -0.460 e. The van der Waals surface area contributed by atoms with Crippen molar-refractivity contribution in [3.63, 3.8) is 0 Å². The van der Waals surface area contributed by atoms with Crippen LogP contribution in [0.3, 0.4) is 0 Å². The molecule has 4 saturated carbocycles. The van der Waals surface area contributed by atoms with Gasteiger partial charge in [-0.05, 0) is 101 Å². The van der Waals surface area contributed by atoms with Crippen molar-refractivity contribution in [3.05, 3.63) is 24.3 Å². The predicted octanol–water partition coefficient (Wildman–Crippen LogP) is -4.05. The fraction of sp³-hybridized carbons (Fsp3) is 0.882. The van der Waals surface area contributed by atoms with Crippen LogP contribution < -0.4 is 0 Å². The third-order valence-electron chi connectivity index (χ3n) is 16.8. The number of hydrogen-bond donors (Lipinski definition) is 14. The number of carbonyl (C=O) groups is 2. The molecule has 8 fully saturated rings. The molecule has 0 aromatic heterocycles. The highest BCUT2D eigenvalue weighted by molar-refractivity contribution is 5.82. The van der Waals surface area contributed by atoms with Crippen LogP contribution in [0.4, 0.5) is 0 Å². The van der Waals surface area contributed by atoms with Crippen molar-refractivity contribution in [3.8, 4) is 0 Å². The number of ether oxygens (including phenoxy) is 9. The Hall–Kier alpha value is -2.42. The zero-order valence-corrected chi connectivity index (χ0v) is 42.2. The number of fused-ring (bicyclic) bond motifs is 1. The smallest absolute Gasteiger partial charge is 0.330 e. The molecule has 8 aliphatic rings. The second-order valence-electron chi connectivity index (χ2n) is 22.2. The maximum absolute atomic E-state index is 13.0. The lowest BCUT2D eigenvalue weighted by atomic mass is 9.72. The first-order valence-electron chi connectivity index (χ1n) is 27.0. The van der Waals surface area contributed by atoms with Crippen LogP contribution >= 0.6 is 0 Å². The van der Waals surface area contributed by atoms with Gasteiger partial charge >= 0.3 is 11.9 Å². The number of carbonyl (C=O) groups excluding carboxylic acids is 2. The van der Waals surface area contributed by atoms with Gasteiger partial charge in [-0.2, -0.15) is 0 Å². The highest BCUT2D eigenvalue weighted by atomic mass is 16.8. The Kier molecular flexibility index (Phi) is 21.1. The first-order chi connectivity index (χ1) is 36.3. The van der Waals surface area contributed by atoms with Crippen LogP contribution in [-0.4, -0.2) is 250 Å². The summed E-state index contributed by atoms with van der Waals surface area (Å²) >= 11 is 0. The van der Waals surface area contributed by atoms with Gasteiger partial charge in [0.25, 0.3) is 0 Å². The minimum atomic E-state index is -2.03.